The third-order valence-corrected chi connectivity index (χ3v) is 23.8. The van der Waals surface area contributed by atoms with E-state index in [2.05, 4.69) is 335 Å². The van der Waals surface area contributed by atoms with Crippen LogP contribution in [0.5, 0.6) is 0 Å². The highest BCUT2D eigenvalue weighted by atomic mass is 15.2. The van der Waals surface area contributed by atoms with E-state index in [1.54, 1.807) is 0 Å². The maximum absolute atomic E-state index is 9.78. The lowest BCUT2D eigenvalue weighted by molar-refractivity contribution is 0.590. The normalized spacial score (nSPS) is 13.7. The van der Waals surface area contributed by atoms with Crippen molar-refractivity contribution in [3.05, 3.63) is 337 Å². The Bertz CT molecular complexity index is 6830. The first-order valence-electron chi connectivity index (χ1n) is 42.8. The Morgan fingerprint density at radius 2 is 0.617 bits per heavy atom. The number of nitrogens with zero attached hydrogens (tertiary/aromatic N) is 7. The van der Waals surface area contributed by atoms with Gasteiger partial charge in [0.25, 0.3) is 6.71 Å². The van der Waals surface area contributed by atoms with Gasteiger partial charge in [-0.1, -0.05) is 310 Å². The van der Waals surface area contributed by atoms with Gasteiger partial charge < -0.3 is 18.9 Å². The summed E-state index contributed by atoms with van der Waals surface area (Å²) < 4.78 is 52.0. The highest BCUT2D eigenvalue weighted by Crippen LogP contribution is 2.53. The Hall–Kier alpha value is -12.6. The lowest BCUT2D eigenvalue weighted by Crippen LogP contribution is -2.61. The minimum Gasteiger partial charge on any atom is -0.311 e. The summed E-state index contributed by atoms with van der Waals surface area (Å²) in [6.07, 6.45) is 0. The first-order chi connectivity index (χ1) is 57.2. The quantitative estimate of drug-likeness (QED) is 0.128. The van der Waals surface area contributed by atoms with Gasteiger partial charge in [-0.05, 0) is 202 Å². The van der Waals surface area contributed by atoms with Crippen LogP contribution in [0.3, 0.4) is 0 Å². The van der Waals surface area contributed by atoms with E-state index in [0.29, 0.717) is 23.0 Å². The lowest BCUT2D eigenvalue weighted by atomic mass is 9.33. The average Bonchev–Trinajstić information content (AvgIpc) is 0.896. The Morgan fingerprint density at radius 1 is 0.261 bits per heavy atom. The summed E-state index contributed by atoms with van der Waals surface area (Å²) in [6.45, 7) is 33.7. The molecule has 115 heavy (non-hydrogen) atoms. The Kier molecular flexibility index (Phi) is 15.7. The number of fused-ring (bicyclic) bond motifs is 10. The van der Waals surface area contributed by atoms with Gasteiger partial charge in [0.15, 0.2) is 17.5 Å². The smallest absolute Gasteiger partial charge is 0.252 e. The highest BCUT2D eigenvalue weighted by Gasteiger charge is 2.46. The second-order valence-corrected chi connectivity index (χ2v) is 36.6. The summed E-state index contributed by atoms with van der Waals surface area (Å²) in [7, 11) is 0. The van der Waals surface area contributed by atoms with Crippen molar-refractivity contribution >= 4 is 101 Å². The van der Waals surface area contributed by atoms with Crippen molar-refractivity contribution in [2.24, 2.45) is 0 Å². The molecule has 2 aliphatic rings. The van der Waals surface area contributed by atoms with Crippen LogP contribution in [0.25, 0.3) is 123 Å². The van der Waals surface area contributed by atoms with Crippen molar-refractivity contribution < 1.29 is 6.85 Å². The lowest BCUT2D eigenvalue weighted by Gasteiger charge is -2.45. The molecule has 0 spiro atoms. The van der Waals surface area contributed by atoms with Crippen molar-refractivity contribution in [3.8, 4) is 78.9 Å². The molecule has 0 aliphatic carbocycles. The molecule has 3 aromatic heterocycles. The molecule has 19 rings (SSSR count). The summed E-state index contributed by atoms with van der Waals surface area (Å²) in [5.41, 5.74) is 26.6. The van der Waals surface area contributed by atoms with Crippen LogP contribution in [-0.4, -0.2) is 30.8 Å². The van der Waals surface area contributed by atoms with Crippen molar-refractivity contribution in [1.29, 1.82) is 0 Å². The largest absolute Gasteiger partial charge is 0.311 e. The second-order valence-electron chi connectivity index (χ2n) is 36.6. The highest BCUT2D eigenvalue weighted by molar-refractivity contribution is 7.00. The summed E-state index contributed by atoms with van der Waals surface area (Å²) in [4.78, 5) is 21.5. The van der Waals surface area contributed by atoms with Crippen LogP contribution in [0.2, 0.25) is 0 Å². The van der Waals surface area contributed by atoms with Gasteiger partial charge in [-0.3, -0.25) is 0 Å². The van der Waals surface area contributed by atoms with Crippen LogP contribution in [0.15, 0.2) is 309 Å². The predicted molar refractivity (Wildman–Crippen MR) is 489 cm³/mol. The zero-order valence-electron chi connectivity index (χ0n) is 73.3. The molecule has 0 N–H and O–H groups in total. The fourth-order valence-electron chi connectivity index (χ4n) is 17.5. The van der Waals surface area contributed by atoms with E-state index in [4.69, 9.17) is 16.3 Å². The van der Waals surface area contributed by atoms with E-state index in [-0.39, 0.29) is 44.7 Å². The fraction of sp³-hybridized carbons (Fsp3) is 0.187. The Labute approximate surface area is 684 Å². The van der Waals surface area contributed by atoms with E-state index in [1.807, 2.05) is 66.7 Å². The third-order valence-electron chi connectivity index (χ3n) is 23.8. The molecule has 0 unspecified atom stereocenters. The number of aromatic nitrogens is 5. The van der Waals surface area contributed by atoms with Gasteiger partial charge in [-0.15, -0.1) is 0 Å². The monoisotopic (exact) mass is 1490 g/mol. The molecule has 8 heteroatoms. The number of rotatable bonds is 10. The first-order valence-corrected chi connectivity index (χ1v) is 40.3. The van der Waals surface area contributed by atoms with E-state index in [9.17, 15) is 5.48 Å². The summed E-state index contributed by atoms with van der Waals surface area (Å²) in [5.74, 6) is 1.47. The third kappa shape index (κ3) is 12.6. The zero-order valence-corrected chi connectivity index (χ0v) is 68.3. The topological polar surface area (TPSA) is 55.0 Å². The summed E-state index contributed by atoms with van der Waals surface area (Å²) in [6, 6.07) is 100. The van der Waals surface area contributed by atoms with Crippen LogP contribution in [0.4, 0.5) is 34.1 Å². The number of hydrogen-bond acceptors (Lipinski definition) is 5. The Balaban J connectivity index is 1.00. The fourth-order valence-corrected chi connectivity index (χ4v) is 17.5. The van der Waals surface area contributed by atoms with Crippen LogP contribution < -0.4 is 26.2 Å². The van der Waals surface area contributed by atoms with E-state index in [0.717, 1.165) is 139 Å². The maximum Gasteiger partial charge on any atom is 0.252 e. The van der Waals surface area contributed by atoms with Gasteiger partial charge in [-0.2, -0.15) is 0 Å². The van der Waals surface area contributed by atoms with Crippen LogP contribution in [0.1, 0.15) is 139 Å². The van der Waals surface area contributed by atoms with Crippen LogP contribution in [-0.2, 0) is 27.1 Å². The molecule has 0 saturated heterocycles. The molecule has 5 heterocycles. The molecule has 0 fully saturated rings. The van der Waals surface area contributed by atoms with Gasteiger partial charge in [0, 0.05) is 72.2 Å². The molecule has 0 atom stereocenters. The van der Waals surface area contributed by atoms with Crippen LogP contribution in [0, 0.1) is 0 Å². The molecule has 14 aromatic carbocycles. The summed E-state index contributed by atoms with van der Waals surface area (Å²) >= 11 is 0. The second kappa shape index (κ2) is 27.0. The molecular formula is C107H96BN7. The standard InChI is InChI=1S/C107H96BN7/c1-103(2,3)74-43-52-90-82(59-74)83-60-75(104(4,5)6)44-53-91(83)112(90)79-48-50-88-96(64-79)114(89-51-42-72(67-31-21-16-22-32-67)57-81(89)69-35-25-18-26-36-69)97-65-80(113-92-54-45-76(105(7,8)9)61-84(92)85-62-77(106(10,11)12)46-55-93(85)113)66-98-99(97)108(88)87-49-41-73(68-33-23-17-24-34-68)58-95(87)115(98)94-56-47-78(107(13,14)15)63-86(94)102-110-100(70-37-27-19-28-38-70)109-101(111-102)71-39-29-20-30-40-71/h16-66H,1-15H3/i17D,23D,24D,33D,34D. The first kappa shape index (κ1) is 66.9. The minimum absolute atomic E-state index is 0.0990. The van der Waals surface area contributed by atoms with Crippen molar-refractivity contribution in [1.82, 2.24) is 24.1 Å². The molecule has 17 aromatic rings. The van der Waals surface area contributed by atoms with Gasteiger partial charge in [0.1, 0.15) is 0 Å². The van der Waals surface area contributed by atoms with E-state index >= 15 is 0 Å². The van der Waals surface area contributed by atoms with Gasteiger partial charge in [0.05, 0.1) is 46.0 Å². The molecule has 0 bridgehead atoms. The van der Waals surface area contributed by atoms with E-state index in [1.165, 1.54) is 33.0 Å². The molecule has 562 valence electrons. The molecule has 0 saturated carbocycles. The van der Waals surface area contributed by atoms with E-state index < -0.39 is 24.8 Å². The number of anilines is 6. The zero-order chi connectivity index (χ0) is 83.7. The molecule has 2 aliphatic heterocycles. The Morgan fingerprint density at radius 3 is 1.08 bits per heavy atom. The number of hydrogen-bond donors (Lipinski definition) is 0. The average molecular weight is 1500 g/mol. The van der Waals surface area contributed by atoms with Crippen molar-refractivity contribution in [2.75, 3.05) is 9.80 Å². The molecule has 0 amide bonds. The summed E-state index contributed by atoms with van der Waals surface area (Å²) in [5, 5.41) is 4.65. The maximum atomic E-state index is 9.78. The van der Waals surface area contributed by atoms with Crippen molar-refractivity contribution in [2.45, 2.75) is 131 Å². The van der Waals surface area contributed by atoms with Crippen molar-refractivity contribution in [3.63, 3.8) is 0 Å². The number of benzene rings is 14. The molecular weight excluding hydrogens is 1390 g/mol. The minimum atomic E-state index is -0.513. The van der Waals surface area contributed by atoms with Gasteiger partial charge in [0.2, 0.25) is 0 Å². The van der Waals surface area contributed by atoms with Gasteiger partial charge in [-0.25, -0.2) is 15.0 Å². The predicted octanol–water partition coefficient (Wildman–Crippen LogP) is 26.6. The molecule has 7 nitrogen and oxygen atoms in total. The molecule has 0 radical (unpaired) electrons. The SMILES string of the molecule is [2H]c1c([2H])c([2H])c(-c2ccc3c(c2)N(c2ccc(C(C)(C)C)cc2-c2nc(-c4ccccc4)nc(-c4ccccc4)n2)c2cc(-n4c5ccc(C(C)(C)C)cc5c5cc(C(C)(C)C)ccc54)cc4c2B3c2ccc(-n3c5ccc(C(C)(C)C)cc5c5cc(C(C)(C)C)ccc53)cc2N4c2ccc(-c3ccccc3)cc2-c2ccccc2)c([2H])c1[2H]. The van der Waals surface area contributed by atoms with Gasteiger partial charge >= 0.3 is 0 Å². The van der Waals surface area contributed by atoms with Crippen LogP contribution >= 0.6 is 0 Å².